The molecule has 0 saturated carbocycles. The molecule has 1 aromatic rings. The number of carbonyl (C=O) groups is 3. The van der Waals surface area contributed by atoms with Crippen LogP contribution in [0.5, 0.6) is 0 Å². The van der Waals surface area contributed by atoms with E-state index >= 15 is 0 Å². The summed E-state index contributed by atoms with van der Waals surface area (Å²) >= 11 is 0. The molecule has 3 amide bonds. The van der Waals surface area contributed by atoms with E-state index in [9.17, 15) is 14.4 Å². The molecule has 0 aliphatic carbocycles. The Balaban J connectivity index is 1.74. The first-order chi connectivity index (χ1) is 11.9. The topological polar surface area (TPSA) is 91.7 Å². The van der Waals surface area contributed by atoms with Crippen molar-refractivity contribution in [2.75, 3.05) is 13.1 Å². The second-order valence-electron chi connectivity index (χ2n) is 6.97. The lowest BCUT2D eigenvalue weighted by Gasteiger charge is -2.33. The number of furan rings is 1. The number of rotatable bonds is 6. The summed E-state index contributed by atoms with van der Waals surface area (Å²) in [6.07, 6.45) is 4.78. The van der Waals surface area contributed by atoms with Crippen molar-refractivity contribution in [2.24, 2.45) is 5.92 Å². The van der Waals surface area contributed by atoms with E-state index in [1.807, 2.05) is 18.7 Å². The highest BCUT2D eigenvalue weighted by Crippen LogP contribution is 2.13. The second kappa shape index (κ2) is 8.69. The van der Waals surface area contributed by atoms with Crippen LogP contribution in [0.15, 0.2) is 23.0 Å². The maximum atomic E-state index is 12.2. The zero-order valence-electron chi connectivity index (χ0n) is 15.1. The van der Waals surface area contributed by atoms with Crippen LogP contribution >= 0.6 is 0 Å². The average molecular weight is 349 g/mol. The Morgan fingerprint density at radius 2 is 1.92 bits per heavy atom. The van der Waals surface area contributed by atoms with Crippen LogP contribution in [0.2, 0.25) is 0 Å². The van der Waals surface area contributed by atoms with E-state index in [2.05, 4.69) is 10.6 Å². The minimum absolute atomic E-state index is 0.0314. The number of nitrogens with one attached hydrogen (secondary N) is 2. The number of hydrogen-bond acceptors (Lipinski definition) is 4. The lowest BCUT2D eigenvalue weighted by atomic mass is 10.0. The summed E-state index contributed by atoms with van der Waals surface area (Å²) in [6, 6.07) is 0.941. The Hall–Kier alpha value is -2.31. The first-order valence-corrected chi connectivity index (χ1v) is 8.78. The molecule has 1 aliphatic heterocycles. The molecule has 1 atom stereocenters. The third-order valence-corrected chi connectivity index (χ3v) is 4.30. The molecule has 1 aliphatic rings. The monoisotopic (exact) mass is 349 g/mol. The van der Waals surface area contributed by atoms with E-state index in [-0.39, 0.29) is 23.8 Å². The fourth-order valence-corrected chi connectivity index (χ4v) is 2.82. The molecule has 2 rings (SSSR count). The van der Waals surface area contributed by atoms with Crippen molar-refractivity contribution in [3.63, 3.8) is 0 Å². The van der Waals surface area contributed by atoms with Crippen LogP contribution in [0.25, 0.3) is 0 Å². The fourth-order valence-electron chi connectivity index (χ4n) is 2.82. The van der Waals surface area contributed by atoms with Crippen LogP contribution in [0.3, 0.4) is 0 Å². The largest absolute Gasteiger partial charge is 0.472 e. The number of nitrogens with zero attached hydrogens (tertiary/aromatic N) is 1. The van der Waals surface area contributed by atoms with Gasteiger partial charge in [0.2, 0.25) is 11.8 Å². The van der Waals surface area contributed by atoms with Gasteiger partial charge in [0.15, 0.2) is 0 Å². The molecule has 0 aromatic carbocycles. The van der Waals surface area contributed by atoms with Crippen LogP contribution < -0.4 is 10.6 Å². The van der Waals surface area contributed by atoms with Gasteiger partial charge in [0.25, 0.3) is 5.91 Å². The number of likely N-dealkylation sites (tertiary alicyclic amines) is 1. The summed E-state index contributed by atoms with van der Waals surface area (Å²) in [7, 11) is 0. The van der Waals surface area contributed by atoms with Crippen LogP contribution in [0.1, 0.15) is 50.4 Å². The Morgan fingerprint density at radius 3 is 2.48 bits per heavy atom. The van der Waals surface area contributed by atoms with Gasteiger partial charge in [-0.1, -0.05) is 13.8 Å². The third kappa shape index (κ3) is 5.62. The Morgan fingerprint density at radius 1 is 1.24 bits per heavy atom. The highest BCUT2D eigenvalue weighted by molar-refractivity contribution is 5.97. The summed E-state index contributed by atoms with van der Waals surface area (Å²) in [6.45, 7) is 7.03. The van der Waals surface area contributed by atoms with Crippen LogP contribution in [0, 0.1) is 5.92 Å². The predicted octanol–water partition coefficient (Wildman–Crippen LogP) is 1.55. The molecular formula is C18H27N3O4. The van der Waals surface area contributed by atoms with E-state index in [0.29, 0.717) is 31.0 Å². The molecule has 2 N–H and O–H groups in total. The Bertz CT molecular complexity index is 589. The summed E-state index contributed by atoms with van der Waals surface area (Å²) in [4.78, 5) is 38.1. The first-order valence-electron chi connectivity index (χ1n) is 8.78. The van der Waals surface area contributed by atoms with E-state index in [1.165, 1.54) is 12.5 Å². The molecule has 7 nitrogen and oxygen atoms in total. The van der Waals surface area contributed by atoms with E-state index in [1.54, 1.807) is 13.0 Å². The number of carbonyl (C=O) groups excluding carboxylic acids is 3. The van der Waals surface area contributed by atoms with Crippen LogP contribution in [-0.4, -0.2) is 47.8 Å². The SMILES string of the molecule is CC(C)CC(=O)N1CCC(NC(=O)C(C)NC(=O)c2ccoc2)CC1. The summed E-state index contributed by atoms with van der Waals surface area (Å²) in [5, 5.41) is 5.60. The predicted molar refractivity (Wildman–Crippen MR) is 92.8 cm³/mol. The lowest BCUT2D eigenvalue weighted by molar-refractivity contribution is -0.133. The quantitative estimate of drug-likeness (QED) is 0.815. The minimum atomic E-state index is -0.636. The minimum Gasteiger partial charge on any atom is -0.472 e. The van der Waals surface area contributed by atoms with Crippen molar-refractivity contribution in [1.82, 2.24) is 15.5 Å². The molecule has 1 aromatic heterocycles. The fraction of sp³-hybridized carbons (Fsp3) is 0.611. The average Bonchev–Trinajstić information content (AvgIpc) is 3.09. The molecule has 138 valence electrons. The van der Waals surface area contributed by atoms with Crippen LogP contribution in [0.4, 0.5) is 0 Å². The Labute approximate surface area is 148 Å². The van der Waals surface area contributed by atoms with E-state index < -0.39 is 6.04 Å². The van der Waals surface area contributed by atoms with Crippen molar-refractivity contribution in [3.8, 4) is 0 Å². The van der Waals surface area contributed by atoms with Gasteiger partial charge in [0, 0.05) is 25.6 Å². The van der Waals surface area contributed by atoms with Gasteiger partial charge < -0.3 is 20.0 Å². The van der Waals surface area contributed by atoms with Gasteiger partial charge in [0.05, 0.1) is 11.8 Å². The van der Waals surface area contributed by atoms with Crippen LogP contribution in [-0.2, 0) is 9.59 Å². The number of piperidine rings is 1. The zero-order valence-corrected chi connectivity index (χ0v) is 15.1. The van der Waals surface area contributed by atoms with Gasteiger partial charge in [-0.15, -0.1) is 0 Å². The smallest absolute Gasteiger partial charge is 0.255 e. The summed E-state index contributed by atoms with van der Waals surface area (Å²) in [5.41, 5.74) is 0.386. The van der Waals surface area contributed by atoms with Gasteiger partial charge >= 0.3 is 0 Å². The third-order valence-electron chi connectivity index (χ3n) is 4.30. The number of hydrogen-bond donors (Lipinski definition) is 2. The van der Waals surface area contributed by atoms with Gasteiger partial charge in [-0.25, -0.2) is 0 Å². The van der Waals surface area contributed by atoms with Crippen molar-refractivity contribution < 1.29 is 18.8 Å². The van der Waals surface area contributed by atoms with Crippen molar-refractivity contribution in [1.29, 1.82) is 0 Å². The highest BCUT2D eigenvalue weighted by atomic mass is 16.3. The van der Waals surface area contributed by atoms with Crippen molar-refractivity contribution in [3.05, 3.63) is 24.2 Å². The lowest BCUT2D eigenvalue weighted by Crippen LogP contribution is -2.51. The molecule has 0 bridgehead atoms. The molecule has 0 radical (unpaired) electrons. The highest BCUT2D eigenvalue weighted by Gasteiger charge is 2.26. The molecule has 2 heterocycles. The molecule has 0 spiro atoms. The molecule has 7 heteroatoms. The van der Waals surface area contributed by atoms with Gasteiger partial charge in [-0.3, -0.25) is 14.4 Å². The van der Waals surface area contributed by atoms with Crippen molar-refractivity contribution in [2.45, 2.75) is 52.1 Å². The van der Waals surface area contributed by atoms with E-state index in [4.69, 9.17) is 4.42 Å². The van der Waals surface area contributed by atoms with E-state index in [0.717, 1.165) is 12.8 Å². The maximum absolute atomic E-state index is 12.2. The molecular weight excluding hydrogens is 322 g/mol. The van der Waals surface area contributed by atoms with Gasteiger partial charge in [-0.2, -0.15) is 0 Å². The molecule has 1 saturated heterocycles. The first kappa shape index (κ1) is 19.0. The second-order valence-corrected chi connectivity index (χ2v) is 6.97. The number of amides is 3. The zero-order chi connectivity index (χ0) is 18.4. The molecule has 25 heavy (non-hydrogen) atoms. The standard InChI is InChI=1S/C18H27N3O4/c1-12(2)10-16(22)21-7-4-15(5-8-21)20-17(23)13(3)19-18(24)14-6-9-25-11-14/h6,9,11-13,15H,4-5,7-8,10H2,1-3H3,(H,19,24)(H,20,23). The summed E-state index contributed by atoms with van der Waals surface area (Å²) in [5.74, 6) is -0.0283. The summed E-state index contributed by atoms with van der Waals surface area (Å²) < 4.78 is 4.86. The molecule has 1 fully saturated rings. The van der Waals surface area contributed by atoms with Gasteiger partial charge in [-0.05, 0) is 31.7 Å². The molecule has 1 unspecified atom stereocenters. The van der Waals surface area contributed by atoms with Crippen molar-refractivity contribution >= 4 is 17.7 Å². The Kier molecular flexibility index (Phi) is 6.61. The van der Waals surface area contributed by atoms with Gasteiger partial charge in [0.1, 0.15) is 12.3 Å². The normalized spacial score (nSPS) is 16.6. The maximum Gasteiger partial charge on any atom is 0.255 e.